The summed E-state index contributed by atoms with van der Waals surface area (Å²) >= 11 is 1.84. The molecule has 0 aliphatic rings. The van der Waals surface area contributed by atoms with Gasteiger partial charge in [0, 0.05) is 31.1 Å². The summed E-state index contributed by atoms with van der Waals surface area (Å²) < 4.78 is 0. The van der Waals surface area contributed by atoms with Gasteiger partial charge in [0.25, 0.3) is 0 Å². The Morgan fingerprint density at radius 2 is 1.90 bits per heavy atom. The van der Waals surface area contributed by atoms with Crippen molar-refractivity contribution in [1.82, 2.24) is 10.6 Å². The third kappa shape index (κ3) is 10.5. The van der Waals surface area contributed by atoms with Crippen LogP contribution in [-0.4, -0.2) is 26.2 Å². The Kier molecular flexibility index (Phi) is 10.1. The fourth-order valence-electron chi connectivity index (χ4n) is 2.01. The maximum atomic E-state index is 3.47. The van der Waals surface area contributed by atoms with E-state index < -0.39 is 0 Å². The smallest absolute Gasteiger partial charge is 0.0137 e. The fraction of sp³-hybridized carbons (Fsp3) is 0.556. The molecule has 2 N–H and O–H groups in total. The van der Waals surface area contributed by atoms with E-state index in [-0.39, 0.29) is 0 Å². The van der Waals surface area contributed by atoms with Crippen LogP contribution in [0.25, 0.3) is 0 Å². The van der Waals surface area contributed by atoms with E-state index in [4.69, 9.17) is 0 Å². The molecule has 0 atom stereocenters. The van der Waals surface area contributed by atoms with Crippen LogP contribution in [0.4, 0.5) is 0 Å². The second-order valence-corrected chi connectivity index (χ2v) is 6.69. The molecule has 0 spiro atoms. The Morgan fingerprint density at radius 1 is 1.10 bits per heavy atom. The fourth-order valence-corrected chi connectivity index (χ4v) is 2.72. The molecule has 0 amide bonds. The molecule has 0 unspecified atom stereocenters. The predicted molar refractivity (Wildman–Crippen MR) is 96.2 cm³/mol. The molecule has 1 aromatic rings. The van der Waals surface area contributed by atoms with Gasteiger partial charge in [0.1, 0.15) is 0 Å². The van der Waals surface area contributed by atoms with Gasteiger partial charge < -0.3 is 10.6 Å². The lowest BCUT2D eigenvalue weighted by atomic mass is 10.1. The average Bonchev–Trinajstić information content (AvgIpc) is 2.94. The maximum Gasteiger partial charge on any atom is 0.0137 e. The largest absolute Gasteiger partial charge is 0.315 e. The van der Waals surface area contributed by atoms with Crippen molar-refractivity contribution in [2.45, 2.75) is 40.0 Å². The van der Waals surface area contributed by atoms with Crippen molar-refractivity contribution >= 4 is 11.3 Å². The van der Waals surface area contributed by atoms with Crippen LogP contribution in [0.1, 0.15) is 38.5 Å². The number of allylic oxidation sites excluding steroid dienone is 3. The Hall–Kier alpha value is -0.900. The Balaban J connectivity index is 1.92. The summed E-state index contributed by atoms with van der Waals surface area (Å²) in [6.45, 7) is 10.7. The van der Waals surface area contributed by atoms with Crippen LogP contribution in [0.3, 0.4) is 0 Å². The first-order chi connectivity index (χ1) is 10.2. The van der Waals surface area contributed by atoms with Crippen molar-refractivity contribution in [3.05, 3.63) is 45.7 Å². The van der Waals surface area contributed by atoms with Crippen molar-refractivity contribution < 1.29 is 0 Å². The molecule has 0 bridgehead atoms. The number of hydrogen-bond donors (Lipinski definition) is 2. The highest BCUT2D eigenvalue weighted by Crippen LogP contribution is 2.08. The van der Waals surface area contributed by atoms with Gasteiger partial charge in [-0.25, -0.2) is 0 Å². The number of thiophene rings is 1. The van der Waals surface area contributed by atoms with Gasteiger partial charge in [0.15, 0.2) is 0 Å². The van der Waals surface area contributed by atoms with Crippen molar-refractivity contribution in [3.8, 4) is 0 Å². The zero-order valence-electron chi connectivity index (χ0n) is 13.7. The van der Waals surface area contributed by atoms with Crippen LogP contribution in [-0.2, 0) is 6.42 Å². The zero-order chi connectivity index (χ0) is 15.3. The lowest BCUT2D eigenvalue weighted by Gasteiger charge is -2.05. The van der Waals surface area contributed by atoms with E-state index in [0.717, 1.165) is 39.0 Å². The minimum Gasteiger partial charge on any atom is -0.315 e. The Morgan fingerprint density at radius 3 is 2.62 bits per heavy atom. The summed E-state index contributed by atoms with van der Waals surface area (Å²) in [5.74, 6) is 0. The van der Waals surface area contributed by atoms with Gasteiger partial charge in [-0.15, -0.1) is 11.3 Å². The lowest BCUT2D eigenvalue weighted by Crippen LogP contribution is -2.28. The maximum absolute atomic E-state index is 3.47. The molecule has 1 heterocycles. The molecule has 0 aliphatic heterocycles. The first kappa shape index (κ1) is 18.1. The van der Waals surface area contributed by atoms with E-state index in [1.165, 1.54) is 22.4 Å². The molecular formula is C18H30N2S. The predicted octanol–water partition coefficient (Wildman–Crippen LogP) is 4.16. The van der Waals surface area contributed by atoms with Crippen LogP contribution in [0.2, 0.25) is 0 Å². The molecule has 21 heavy (non-hydrogen) atoms. The third-order valence-corrected chi connectivity index (χ3v) is 4.23. The normalized spacial score (nSPS) is 11.7. The summed E-state index contributed by atoms with van der Waals surface area (Å²) in [4.78, 5) is 1.46. The topological polar surface area (TPSA) is 24.1 Å². The van der Waals surface area contributed by atoms with E-state index in [1.807, 2.05) is 11.3 Å². The quantitative estimate of drug-likeness (QED) is 0.474. The van der Waals surface area contributed by atoms with Crippen LogP contribution < -0.4 is 10.6 Å². The highest BCUT2D eigenvalue weighted by atomic mass is 32.1. The van der Waals surface area contributed by atoms with Gasteiger partial charge in [-0.3, -0.25) is 0 Å². The number of nitrogens with one attached hydrogen (secondary N) is 2. The highest BCUT2D eigenvalue weighted by molar-refractivity contribution is 7.09. The molecule has 118 valence electrons. The lowest BCUT2D eigenvalue weighted by molar-refractivity contribution is 0.635. The number of hydrogen-bond acceptors (Lipinski definition) is 3. The van der Waals surface area contributed by atoms with Gasteiger partial charge in [0.2, 0.25) is 0 Å². The van der Waals surface area contributed by atoms with Gasteiger partial charge in [0.05, 0.1) is 0 Å². The average molecular weight is 307 g/mol. The summed E-state index contributed by atoms with van der Waals surface area (Å²) in [5, 5.41) is 9.07. The van der Waals surface area contributed by atoms with Crippen LogP contribution in [0, 0.1) is 0 Å². The van der Waals surface area contributed by atoms with E-state index in [0.29, 0.717) is 0 Å². The molecule has 0 saturated carbocycles. The summed E-state index contributed by atoms with van der Waals surface area (Å²) in [6, 6.07) is 4.32. The molecular weight excluding hydrogens is 276 g/mol. The molecule has 1 rings (SSSR count). The molecule has 0 aliphatic carbocycles. The van der Waals surface area contributed by atoms with Crippen LogP contribution in [0.15, 0.2) is 40.8 Å². The van der Waals surface area contributed by atoms with E-state index in [2.05, 4.69) is 61.1 Å². The second-order valence-electron chi connectivity index (χ2n) is 5.65. The zero-order valence-corrected chi connectivity index (χ0v) is 14.6. The van der Waals surface area contributed by atoms with E-state index in [9.17, 15) is 0 Å². The van der Waals surface area contributed by atoms with Crippen LogP contribution >= 0.6 is 11.3 Å². The molecule has 0 aromatic carbocycles. The minimum absolute atomic E-state index is 0.979. The van der Waals surface area contributed by atoms with Crippen molar-refractivity contribution in [3.63, 3.8) is 0 Å². The Labute approximate surface area is 134 Å². The molecule has 0 fully saturated rings. The minimum atomic E-state index is 0.979. The first-order valence-electron chi connectivity index (χ1n) is 7.91. The van der Waals surface area contributed by atoms with Crippen molar-refractivity contribution in [1.29, 1.82) is 0 Å². The molecule has 3 heteroatoms. The molecule has 0 radical (unpaired) electrons. The van der Waals surface area contributed by atoms with E-state index in [1.54, 1.807) is 0 Å². The van der Waals surface area contributed by atoms with Gasteiger partial charge in [-0.05, 0) is 51.5 Å². The summed E-state index contributed by atoms with van der Waals surface area (Å²) in [5.41, 5.74) is 2.89. The second kappa shape index (κ2) is 11.7. The standard InChI is InChI=1S/C18H30N2S/c1-16(2)6-4-7-17(3)9-11-19-13-14-20-12-10-18-8-5-15-21-18/h5-6,8-9,15,19-20H,4,7,10-14H2,1-3H3/b17-9+. The third-order valence-electron chi connectivity index (χ3n) is 3.29. The monoisotopic (exact) mass is 306 g/mol. The van der Waals surface area contributed by atoms with Crippen LogP contribution in [0.5, 0.6) is 0 Å². The molecule has 2 nitrogen and oxygen atoms in total. The van der Waals surface area contributed by atoms with E-state index >= 15 is 0 Å². The van der Waals surface area contributed by atoms with Crippen molar-refractivity contribution in [2.24, 2.45) is 0 Å². The van der Waals surface area contributed by atoms with Gasteiger partial charge >= 0.3 is 0 Å². The van der Waals surface area contributed by atoms with Crippen molar-refractivity contribution in [2.75, 3.05) is 26.2 Å². The van der Waals surface area contributed by atoms with Gasteiger partial charge in [-0.2, -0.15) is 0 Å². The summed E-state index contributed by atoms with van der Waals surface area (Å²) in [7, 11) is 0. The molecule has 1 aromatic heterocycles. The van der Waals surface area contributed by atoms with Gasteiger partial charge in [-0.1, -0.05) is 29.4 Å². The Bertz CT molecular complexity index is 414. The number of rotatable bonds is 11. The highest BCUT2D eigenvalue weighted by Gasteiger charge is 1.93. The SMILES string of the molecule is CC(C)=CCC/C(C)=C/CNCCNCCc1cccs1. The first-order valence-corrected chi connectivity index (χ1v) is 8.79. The summed E-state index contributed by atoms with van der Waals surface area (Å²) in [6.07, 6.45) is 8.09. The molecule has 0 saturated heterocycles.